The van der Waals surface area contributed by atoms with E-state index in [0.29, 0.717) is 10.7 Å². The summed E-state index contributed by atoms with van der Waals surface area (Å²) in [7, 11) is 0. The fourth-order valence-electron chi connectivity index (χ4n) is 3.08. The van der Waals surface area contributed by atoms with Gasteiger partial charge < -0.3 is 0 Å². The van der Waals surface area contributed by atoms with E-state index in [2.05, 4.69) is 5.32 Å². The maximum atomic E-state index is 13.3. The smallest absolute Gasteiger partial charge is 0.270 e. The third kappa shape index (κ3) is 4.56. The highest BCUT2D eigenvalue weighted by Crippen LogP contribution is 2.32. The molecule has 31 heavy (non-hydrogen) atoms. The number of hydrogen-bond acceptors (Lipinski definition) is 4. The monoisotopic (exact) mass is 464 g/mol. The van der Waals surface area contributed by atoms with E-state index in [4.69, 9.17) is 23.8 Å². The third-order valence-electron chi connectivity index (χ3n) is 4.71. The van der Waals surface area contributed by atoms with Crippen LogP contribution in [0.25, 0.3) is 6.08 Å². The van der Waals surface area contributed by atoms with Crippen molar-refractivity contribution in [1.29, 1.82) is 0 Å². The predicted molar refractivity (Wildman–Crippen MR) is 129 cm³/mol. The fraction of sp³-hybridized carbons (Fsp3) is 0.0417. The molecule has 2 amide bonds. The van der Waals surface area contributed by atoms with E-state index >= 15 is 0 Å². The SMILES string of the molecule is Cc1ccc(N2C(=O)/C(=C\c3ccccc3Sc3ccccc3)C(=O)NC2=S)cc1Cl. The molecule has 1 fully saturated rings. The average Bonchev–Trinajstić information content (AvgIpc) is 2.75. The molecular weight excluding hydrogens is 448 g/mol. The van der Waals surface area contributed by atoms with Crippen LogP contribution in [0.2, 0.25) is 5.02 Å². The Morgan fingerprint density at radius 1 is 1.00 bits per heavy atom. The lowest BCUT2D eigenvalue weighted by molar-refractivity contribution is -0.122. The van der Waals surface area contributed by atoms with Crippen molar-refractivity contribution in [3.63, 3.8) is 0 Å². The van der Waals surface area contributed by atoms with Crippen molar-refractivity contribution in [2.45, 2.75) is 16.7 Å². The Morgan fingerprint density at radius 3 is 2.45 bits per heavy atom. The predicted octanol–water partition coefficient (Wildman–Crippen LogP) is 5.63. The molecule has 4 nitrogen and oxygen atoms in total. The fourth-order valence-corrected chi connectivity index (χ4v) is 4.47. The van der Waals surface area contributed by atoms with E-state index in [9.17, 15) is 9.59 Å². The van der Waals surface area contributed by atoms with Crippen LogP contribution in [0, 0.1) is 6.92 Å². The van der Waals surface area contributed by atoms with Gasteiger partial charge in [0.2, 0.25) is 0 Å². The normalized spacial score (nSPS) is 15.4. The number of aryl methyl sites for hydroxylation is 1. The first-order valence-electron chi connectivity index (χ1n) is 9.43. The Balaban J connectivity index is 1.72. The quantitative estimate of drug-likeness (QED) is 0.309. The van der Waals surface area contributed by atoms with E-state index in [1.54, 1.807) is 36.0 Å². The number of anilines is 1. The van der Waals surface area contributed by atoms with Gasteiger partial charge in [-0.15, -0.1) is 0 Å². The molecule has 0 bridgehead atoms. The molecule has 4 rings (SSSR count). The second-order valence-electron chi connectivity index (χ2n) is 6.84. The molecule has 0 atom stereocenters. The van der Waals surface area contributed by atoms with E-state index in [1.807, 2.05) is 61.5 Å². The number of thiocarbonyl (C=S) groups is 1. The number of rotatable bonds is 4. The van der Waals surface area contributed by atoms with Crippen molar-refractivity contribution in [3.8, 4) is 0 Å². The second-order valence-corrected chi connectivity index (χ2v) is 8.75. The molecule has 0 radical (unpaired) electrons. The molecule has 154 valence electrons. The van der Waals surface area contributed by atoms with E-state index < -0.39 is 11.8 Å². The van der Waals surface area contributed by atoms with Crippen molar-refractivity contribution < 1.29 is 9.59 Å². The van der Waals surface area contributed by atoms with Gasteiger partial charge in [-0.25, -0.2) is 0 Å². The first-order valence-corrected chi connectivity index (χ1v) is 11.0. The van der Waals surface area contributed by atoms with Crippen LogP contribution in [0.4, 0.5) is 5.69 Å². The largest absolute Gasteiger partial charge is 0.298 e. The molecule has 7 heteroatoms. The lowest BCUT2D eigenvalue weighted by atomic mass is 10.1. The zero-order valence-electron chi connectivity index (χ0n) is 16.5. The first-order chi connectivity index (χ1) is 14.9. The summed E-state index contributed by atoms with van der Waals surface area (Å²) in [5.41, 5.74) is 2.16. The van der Waals surface area contributed by atoms with Crippen LogP contribution in [0.3, 0.4) is 0 Å². The van der Waals surface area contributed by atoms with Crippen LogP contribution in [0.1, 0.15) is 11.1 Å². The summed E-state index contributed by atoms with van der Waals surface area (Å²) in [4.78, 5) is 29.2. The Labute approximate surface area is 194 Å². The van der Waals surface area contributed by atoms with Gasteiger partial charge in [0.25, 0.3) is 11.8 Å². The van der Waals surface area contributed by atoms with E-state index in [-0.39, 0.29) is 10.7 Å². The molecule has 0 aromatic heterocycles. The van der Waals surface area contributed by atoms with Crippen LogP contribution in [-0.2, 0) is 9.59 Å². The Morgan fingerprint density at radius 2 is 1.71 bits per heavy atom. The lowest BCUT2D eigenvalue weighted by Gasteiger charge is -2.29. The molecule has 0 spiro atoms. The van der Waals surface area contributed by atoms with Crippen molar-refractivity contribution in [2.24, 2.45) is 0 Å². The molecule has 3 aromatic rings. The van der Waals surface area contributed by atoms with Crippen molar-refractivity contribution >= 4 is 64.3 Å². The zero-order valence-corrected chi connectivity index (χ0v) is 18.9. The van der Waals surface area contributed by atoms with Crippen molar-refractivity contribution in [2.75, 3.05) is 4.90 Å². The van der Waals surface area contributed by atoms with Crippen LogP contribution in [0.5, 0.6) is 0 Å². The Kier molecular flexibility index (Phi) is 6.23. The number of benzene rings is 3. The Bertz CT molecular complexity index is 1230. The molecule has 1 heterocycles. The molecule has 1 aliphatic heterocycles. The van der Waals surface area contributed by atoms with Crippen molar-refractivity contribution in [1.82, 2.24) is 5.32 Å². The van der Waals surface area contributed by atoms with Crippen LogP contribution in [0.15, 0.2) is 88.2 Å². The van der Waals surface area contributed by atoms with Gasteiger partial charge in [0.05, 0.1) is 5.69 Å². The molecule has 0 saturated carbocycles. The minimum Gasteiger partial charge on any atom is -0.298 e. The number of carbonyl (C=O) groups excluding carboxylic acids is 2. The van der Waals surface area contributed by atoms with Gasteiger partial charge in [-0.3, -0.25) is 19.8 Å². The van der Waals surface area contributed by atoms with E-state index in [0.717, 1.165) is 20.9 Å². The van der Waals surface area contributed by atoms with Gasteiger partial charge in [0, 0.05) is 14.8 Å². The summed E-state index contributed by atoms with van der Waals surface area (Å²) in [5.74, 6) is -1.02. The van der Waals surface area contributed by atoms with E-state index in [1.165, 1.54) is 4.90 Å². The summed E-state index contributed by atoms with van der Waals surface area (Å²) < 4.78 is 0. The molecule has 0 aliphatic carbocycles. The zero-order chi connectivity index (χ0) is 22.0. The van der Waals surface area contributed by atoms with Gasteiger partial charge in [-0.05, 0) is 66.7 Å². The van der Waals surface area contributed by atoms with Gasteiger partial charge >= 0.3 is 0 Å². The summed E-state index contributed by atoms with van der Waals surface area (Å²) in [6, 6.07) is 22.7. The van der Waals surface area contributed by atoms with Crippen LogP contribution in [-0.4, -0.2) is 16.9 Å². The minimum absolute atomic E-state index is 0.00593. The number of nitrogens with zero attached hydrogens (tertiary/aromatic N) is 1. The highest BCUT2D eigenvalue weighted by atomic mass is 35.5. The molecule has 1 saturated heterocycles. The topological polar surface area (TPSA) is 49.4 Å². The minimum atomic E-state index is -0.524. The number of hydrogen-bond donors (Lipinski definition) is 1. The second kappa shape index (κ2) is 9.06. The lowest BCUT2D eigenvalue weighted by Crippen LogP contribution is -2.54. The van der Waals surface area contributed by atoms with Gasteiger partial charge in [-0.1, -0.05) is 65.8 Å². The molecule has 3 aromatic carbocycles. The number of carbonyl (C=O) groups is 2. The molecular formula is C24H17ClN2O2S2. The van der Waals surface area contributed by atoms with Gasteiger partial charge in [-0.2, -0.15) is 0 Å². The van der Waals surface area contributed by atoms with Crippen LogP contribution >= 0.6 is 35.6 Å². The average molecular weight is 465 g/mol. The van der Waals surface area contributed by atoms with Crippen molar-refractivity contribution in [3.05, 3.63) is 94.5 Å². The third-order valence-corrected chi connectivity index (χ3v) is 6.50. The standard InChI is InChI=1S/C24H17ClN2O2S2/c1-15-11-12-17(14-20(15)25)27-23(29)19(22(28)26-24(27)30)13-16-7-5-6-10-21(16)31-18-8-3-2-4-9-18/h2-14H,1H3,(H,26,28,30)/b19-13-. The maximum Gasteiger partial charge on any atom is 0.270 e. The molecule has 0 unspecified atom stereocenters. The molecule has 1 N–H and O–H groups in total. The number of halogens is 1. The Hall–Kier alpha value is -2.93. The van der Waals surface area contributed by atoms with Gasteiger partial charge in [0.15, 0.2) is 5.11 Å². The summed E-state index contributed by atoms with van der Waals surface area (Å²) in [6.07, 6.45) is 1.60. The summed E-state index contributed by atoms with van der Waals surface area (Å²) in [6.45, 7) is 1.87. The summed E-state index contributed by atoms with van der Waals surface area (Å²) in [5, 5.41) is 3.15. The maximum absolute atomic E-state index is 13.3. The number of amides is 2. The molecule has 1 aliphatic rings. The summed E-state index contributed by atoms with van der Waals surface area (Å²) >= 11 is 13.1. The first kappa shape index (κ1) is 21.3. The highest BCUT2D eigenvalue weighted by molar-refractivity contribution is 7.99. The van der Waals surface area contributed by atoms with Gasteiger partial charge in [0.1, 0.15) is 5.57 Å². The number of nitrogens with one attached hydrogen (secondary N) is 1. The highest BCUT2D eigenvalue weighted by Gasteiger charge is 2.34. The van der Waals surface area contributed by atoms with Crippen LogP contribution < -0.4 is 10.2 Å².